The lowest BCUT2D eigenvalue weighted by Crippen LogP contribution is -2.10. The Hall–Kier alpha value is -3.16. The molecule has 0 aliphatic carbocycles. The number of hydrogen-bond donors (Lipinski definition) is 2. The Morgan fingerprint density at radius 2 is 1.72 bits per heavy atom. The Morgan fingerprint density at radius 1 is 0.920 bits per heavy atom. The Kier molecular flexibility index (Phi) is 5.08. The number of aromatic nitrogens is 3. The highest BCUT2D eigenvalue weighted by Crippen LogP contribution is 2.22. The summed E-state index contributed by atoms with van der Waals surface area (Å²) in [5.41, 5.74) is 0.913. The van der Waals surface area contributed by atoms with Gasteiger partial charge in [-0.1, -0.05) is 30.3 Å². The third-order valence-corrected chi connectivity index (χ3v) is 3.40. The summed E-state index contributed by atoms with van der Waals surface area (Å²) in [5, 5.41) is 13.1. The first-order valence-corrected chi connectivity index (χ1v) is 7.51. The van der Waals surface area contributed by atoms with Gasteiger partial charge in [0.1, 0.15) is 0 Å². The Balaban J connectivity index is 1.64. The first-order valence-electron chi connectivity index (χ1n) is 7.51. The molecule has 0 saturated carbocycles. The van der Waals surface area contributed by atoms with Crippen molar-refractivity contribution in [1.29, 1.82) is 0 Å². The molecule has 5 nitrogen and oxygen atoms in total. The van der Waals surface area contributed by atoms with Gasteiger partial charge in [-0.3, -0.25) is 0 Å². The van der Waals surface area contributed by atoms with Gasteiger partial charge in [-0.05, 0) is 24.1 Å². The summed E-state index contributed by atoms with van der Waals surface area (Å²) in [4.78, 5) is 4.11. The van der Waals surface area contributed by atoms with Crippen molar-refractivity contribution in [3.05, 3.63) is 71.7 Å². The molecule has 0 amide bonds. The molecule has 3 rings (SSSR count). The van der Waals surface area contributed by atoms with Crippen LogP contribution in [0.15, 0.2) is 48.7 Å². The highest BCUT2D eigenvalue weighted by atomic mass is 19.2. The molecule has 25 heavy (non-hydrogen) atoms. The van der Waals surface area contributed by atoms with Crippen LogP contribution in [0.1, 0.15) is 5.56 Å². The normalized spacial score (nSPS) is 10.5. The zero-order valence-corrected chi connectivity index (χ0v) is 13.0. The van der Waals surface area contributed by atoms with Crippen LogP contribution in [0.5, 0.6) is 0 Å². The number of halogens is 3. The molecule has 0 unspecified atom stereocenters. The minimum atomic E-state index is -1.55. The van der Waals surface area contributed by atoms with Gasteiger partial charge in [0.2, 0.25) is 5.95 Å². The van der Waals surface area contributed by atoms with Gasteiger partial charge in [0, 0.05) is 6.54 Å². The second-order valence-electron chi connectivity index (χ2n) is 5.18. The Labute approximate surface area is 141 Å². The molecule has 3 aromatic rings. The van der Waals surface area contributed by atoms with Gasteiger partial charge in [0.25, 0.3) is 0 Å². The number of hydrogen-bond acceptors (Lipinski definition) is 5. The summed E-state index contributed by atoms with van der Waals surface area (Å²) < 4.78 is 39.9. The quantitative estimate of drug-likeness (QED) is 0.667. The molecule has 0 aliphatic heterocycles. The molecule has 0 spiro atoms. The van der Waals surface area contributed by atoms with Crippen molar-refractivity contribution >= 4 is 17.5 Å². The van der Waals surface area contributed by atoms with Crippen LogP contribution in [0.2, 0.25) is 0 Å². The van der Waals surface area contributed by atoms with E-state index < -0.39 is 17.5 Å². The van der Waals surface area contributed by atoms with Crippen molar-refractivity contribution in [1.82, 2.24) is 15.2 Å². The molecular formula is C17H14F3N5. The van der Waals surface area contributed by atoms with Gasteiger partial charge in [-0.2, -0.15) is 10.1 Å². The summed E-state index contributed by atoms with van der Waals surface area (Å²) in [6, 6.07) is 11.8. The molecule has 0 atom stereocenters. The van der Waals surface area contributed by atoms with Crippen LogP contribution in [0.3, 0.4) is 0 Å². The van der Waals surface area contributed by atoms with Gasteiger partial charge in [0.15, 0.2) is 23.3 Å². The van der Waals surface area contributed by atoms with Crippen LogP contribution in [0, 0.1) is 17.5 Å². The molecule has 0 aliphatic rings. The minimum Gasteiger partial charge on any atom is -0.353 e. The second kappa shape index (κ2) is 7.61. The first-order chi connectivity index (χ1) is 12.1. The topological polar surface area (TPSA) is 62.7 Å². The molecule has 0 fully saturated rings. The van der Waals surface area contributed by atoms with Crippen LogP contribution in [0.4, 0.5) is 30.6 Å². The van der Waals surface area contributed by atoms with E-state index in [4.69, 9.17) is 0 Å². The van der Waals surface area contributed by atoms with Gasteiger partial charge in [-0.15, -0.1) is 5.10 Å². The van der Waals surface area contributed by atoms with E-state index in [0.717, 1.165) is 24.1 Å². The lowest BCUT2D eigenvalue weighted by Gasteiger charge is -2.09. The van der Waals surface area contributed by atoms with Crippen molar-refractivity contribution in [3.8, 4) is 0 Å². The standard InChI is InChI=1S/C17H14F3N5/c18-12-6-7-13(16(20)15(12)19)23-14-10-22-25-17(24-14)21-9-8-11-4-2-1-3-5-11/h1-7,10H,8-9H2,(H2,21,23,24,25). The second-order valence-corrected chi connectivity index (χ2v) is 5.18. The van der Waals surface area contributed by atoms with Gasteiger partial charge < -0.3 is 10.6 Å². The average molecular weight is 345 g/mol. The largest absolute Gasteiger partial charge is 0.353 e. The number of benzene rings is 2. The SMILES string of the molecule is Fc1ccc(Nc2cnnc(NCCc3ccccc3)n2)c(F)c1F. The summed E-state index contributed by atoms with van der Waals surface area (Å²) in [5.74, 6) is -3.73. The maximum atomic E-state index is 13.7. The zero-order chi connectivity index (χ0) is 17.6. The molecule has 1 aromatic heterocycles. The van der Waals surface area contributed by atoms with E-state index in [9.17, 15) is 13.2 Å². The third kappa shape index (κ3) is 4.23. The molecule has 0 saturated heterocycles. The van der Waals surface area contributed by atoms with Crippen molar-refractivity contribution in [2.45, 2.75) is 6.42 Å². The summed E-state index contributed by atoms with van der Waals surface area (Å²) >= 11 is 0. The lowest BCUT2D eigenvalue weighted by atomic mass is 10.1. The monoisotopic (exact) mass is 345 g/mol. The zero-order valence-electron chi connectivity index (χ0n) is 13.0. The van der Waals surface area contributed by atoms with Crippen LogP contribution >= 0.6 is 0 Å². The first kappa shape index (κ1) is 16.7. The van der Waals surface area contributed by atoms with Gasteiger partial charge in [-0.25, -0.2) is 13.2 Å². The maximum absolute atomic E-state index is 13.7. The third-order valence-electron chi connectivity index (χ3n) is 3.40. The molecule has 128 valence electrons. The van der Waals surface area contributed by atoms with E-state index in [0.29, 0.717) is 6.54 Å². The van der Waals surface area contributed by atoms with Crippen molar-refractivity contribution in [2.75, 3.05) is 17.2 Å². The predicted octanol–water partition coefficient (Wildman–Crippen LogP) is 3.69. The Morgan fingerprint density at radius 3 is 2.52 bits per heavy atom. The fourth-order valence-electron chi connectivity index (χ4n) is 2.16. The van der Waals surface area contributed by atoms with E-state index in [-0.39, 0.29) is 17.5 Å². The van der Waals surface area contributed by atoms with Crippen LogP contribution in [-0.2, 0) is 6.42 Å². The molecule has 1 heterocycles. The van der Waals surface area contributed by atoms with Crippen LogP contribution in [0.25, 0.3) is 0 Å². The number of rotatable bonds is 6. The summed E-state index contributed by atoms with van der Waals surface area (Å²) in [6.45, 7) is 0.578. The van der Waals surface area contributed by atoms with E-state index in [1.165, 1.54) is 6.20 Å². The van der Waals surface area contributed by atoms with Crippen molar-refractivity contribution < 1.29 is 13.2 Å². The number of anilines is 3. The van der Waals surface area contributed by atoms with Crippen molar-refractivity contribution in [2.24, 2.45) is 0 Å². The predicted molar refractivity (Wildman–Crippen MR) is 88.1 cm³/mol. The minimum absolute atomic E-state index is 0.155. The van der Waals surface area contributed by atoms with Gasteiger partial charge >= 0.3 is 0 Å². The molecule has 0 bridgehead atoms. The van der Waals surface area contributed by atoms with Crippen molar-refractivity contribution in [3.63, 3.8) is 0 Å². The highest BCUT2D eigenvalue weighted by molar-refractivity contribution is 5.57. The van der Waals surface area contributed by atoms with E-state index in [1.807, 2.05) is 30.3 Å². The molecule has 8 heteroatoms. The van der Waals surface area contributed by atoms with E-state index in [1.54, 1.807) is 0 Å². The molecule has 0 radical (unpaired) electrons. The van der Waals surface area contributed by atoms with Gasteiger partial charge in [0.05, 0.1) is 11.9 Å². The molecular weight excluding hydrogens is 331 g/mol. The smallest absolute Gasteiger partial charge is 0.244 e. The highest BCUT2D eigenvalue weighted by Gasteiger charge is 2.14. The average Bonchev–Trinajstić information content (AvgIpc) is 2.64. The summed E-state index contributed by atoms with van der Waals surface area (Å²) in [6.07, 6.45) is 2.02. The van der Waals surface area contributed by atoms with Crippen LogP contribution in [-0.4, -0.2) is 21.7 Å². The maximum Gasteiger partial charge on any atom is 0.244 e. The molecule has 2 N–H and O–H groups in total. The fourth-order valence-corrected chi connectivity index (χ4v) is 2.16. The number of nitrogens with one attached hydrogen (secondary N) is 2. The lowest BCUT2D eigenvalue weighted by molar-refractivity contribution is 0.449. The Bertz CT molecular complexity index is 858. The van der Waals surface area contributed by atoms with E-state index >= 15 is 0 Å². The fraction of sp³-hybridized carbons (Fsp3) is 0.118. The van der Waals surface area contributed by atoms with Crippen LogP contribution < -0.4 is 10.6 Å². The van der Waals surface area contributed by atoms with E-state index in [2.05, 4.69) is 25.8 Å². The number of nitrogens with zero attached hydrogens (tertiary/aromatic N) is 3. The molecule has 2 aromatic carbocycles. The summed E-state index contributed by atoms with van der Waals surface area (Å²) in [7, 11) is 0.